The second-order valence-corrected chi connectivity index (χ2v) is 8.42. The Morgan fingerprint density at radius 2 is 1.58 bits per heavy atom. The number of ketones is 1. The van der Waals surface area contributed by atoms with E-state index in [1.165, 1.54) is 57.7 Å². The van der Waals surface area contributed by atoms with Crippen molar-refractivity contribution in [1.82, 2.24) is 0 Å². The fraction of sp³-hybridized carbons (Fsp3) is 0.125. The molecule has 0 bridgehead atoms. The van der Waals surface area contributed by atoms with E-state index >= 15 is 0 Å². The van der Waals surface area contributed by atoms with Crippen LogP contribution in [0.1, 0.15) is 15.9 Å². The Kier molecular flexibility index (Phi) is 5.97. The number of hydrogen-bond donors (Lipinski definition) is 0. The molecule has 1 aliphatic heterocycles. The van der Waals surface area contributed by atoms with Crippen LogP contribution in [0.15, 0.2) is 71.3 Å². The summed E-state index contributed by atoms with van der Waals surface area (Å²) in [5, 5.41) is 0. The van der Waals surface area contributed by atoms with Crippen LogP contribution < -0.4 is 23.1 Å². The summed E-state index contributed by atoms with van der Waals surface area (Å²) in [4.78, 5) is 12.9. The number of benzene rings is 3. The Labute approximate surface area is 191 Å². The molecule has 0 spiro atoms. The van der Waals surface area contributed by atoms with Crippen LogP contribution in [0.3, 0.4) is 0 Å². The number of methoxy groups -OCH3 is 3. The van der Waals surface area contributed by atoms with Crippen LogP contribution in [-0.2, 0) is 10.1 Å². The Balaban J connectivity index is 1.64. The number of Topliss-reactive ketones (excluding diaryl/α,β-unsaturated/α-hetero) is 1. The van der Waals surface area contributed by atoms with Gasteiger partial charge in [-0.25, -0.2) is 0 Å². The standard InChI is InChI=1S/C24H20O8S/c1-28-19-12-9-15(23(29-2)24(19)30-3)13-21-22(25)18-11-10-16(14-20(18)31-21)32-33(26,27)17-7-5-4-6-8-17/h4-14H,1-3H3/b21-13+. The van der Waals surface area contributed by atoms with Gasteiger partial charge in [-0.2, -0.15) is 8.42 Å². The van der Waals surface area contributed by atoms with Crippen LogP contribution in [0, 0.1) is 0 Å². The van der Waals surface area contributed by atoms with E-state index in [1.54, 1.807) is 30.3 Å². The molecule has 0 amide bonds. The summed E-state index contributed by atoms with van der Waals surface area (Å²) < 4.78 is 52.0. The fourth-order valence-electron chi connectivity index (χ4n) is 3.36. The molecule has 4 rings (SSSR count). The zero-order valence-electron chi connectivity index (χ0n) is 18.0. The van der Waals surface area contributed by atoms with Gasteiger partial charge >= 0.3 is 10.1 Å². The summed E-state index contributed by atoms with van der Waals surface area (Å²) in [7, 11) is 0.436. The third-order valence-electron chi connectivity index (χ3n) is 4.90. The molecule has 3 aromatic rings. The van der Waals surface area contributed by atoms with Gasteiger partial charge in [0, 0.05) is 11.6 Å². The smallest absolute Gasteiger partial charge is 0.339 e. The second-order valence-electron chi connectivity index (χ2n) is 6.87. The van der Waals surface area contributed by atoms with Crippen molar-refractivity contribution in [3.05, 3.63) is 77.5 Å². The highest BCUT2D eigenvalue weighted by Crippen LogP contribution is 2.42. The maximum Gasteiger partial charge on any atom is 0.339 e. The number of fused-ring (bicyclic) bond motifs is 1. The average molecular weight is 468 g/mol. The van der Waals surface area contributed by atoms with Crippen LogP contribution in [0.4, 0.5) is 0 Å². The summed E-state index contributed by atoms with van der Waals surface area (Å²) in [6.45, 7) is 0. The Morgan fingerprint density at radius 1 is 0.848 bits per heavy atom. The summed E-state index contributed by atoms with van der Waals surface area (Å²) >= 11 is 0. The fourth-order valence-corrected chi connectivity index (χ4v) is 4.30. The third kappa shape index (κ3) is 4.22. The van der Waals surface area contributed by atoms with Crippen LogP contribution >= 0.6 is 0 Å². The molecule has 33 heavy (non-hydrogen) atoms. The number of carbonyl (C=O) groups excluding carboxylic acids is 1. The molecule has 0 radical (unpaired) electrons. The number of rotatable bonds is 7. The van der Waals surface area contributed by atoms with Crippen molar-refractivity contribution in [3.8, 4) is 28.7 Å². The van der Waals surface area contributed by atoms with Gasteiger partial charge in [0.25, 0.3) is 0 Å². The highest BCUT2D eigenvalue weighted by Gasteiger charge is 2.29. The predicted octanol–water partition coefficient (Wildman–Crippen LogP) is 4.10. The van der Waals surface area contributed by atoms with Crippen molar-refractivity contribution in [2.45, 2.75) is 4.90 Å². The predicted molar refractivity (Wildman–Crippen MR) is 120 cm³/mol. The van der Waals surface area contributed by atoms with Gasteiger partial charge in [0.05, 0.1) is 26.9 Å². The van der Waals surface area contributed by atoms with Gasteiger partial charge in [0.1, 0.15) is 16.4 Å². The third-order valence-corrected chi connectivity index (χ3v) is 6.16. The topological polar surface area (TPSA) is 97.4 Å². The van der Waals surface area contributed by atoms with E-state index in [-0.39, 0.29) is 33.5 Å². The molecule has 1 heterocycles. The highest BCUT2D eigenvalue weighted by atomic mass is 32.2. The first-order valence-corrected chi connectivity index (χ1v) is 11.2. The van der Waals surface area contributed by atoms with Gasteiger partial charge in [0.2, 0.25) is 11.5 Å². The minimum Gasteiger partial charge on any atom is -0.493 e. The van der Waals surface area contributed by atoms with E-state index < -0.39 is 10.1 Å². The van der Waals surface area contributed by atoms with Crippen LogP contribution in [0.5, 0.6) is 28.7 Å². The van der Waals surface area contributed by atoms with Crippen molar-refractivity contribution < 1.29 is 36.3 Å². The largest absolute Gasteiger partial charge is 0.493 e. The quantitative estimate of drug-likeness (QED) is 0.378. The Morgan fingerprint density at radius 3 is 2.24 bits per heavy atom. The number of hydrogen-bond acceptors (Lipinski definition) is 8. The first kappa shape index (κ1) is 22.2. The van der Waals surface area contributed by atoms with E-state index in [4.69, 9.17) is 23.1 Å². The van der Waals surface area contributed by atoms with Gasteiger partial charge in [-0.3, -0.25) is 4.79 Å². The van der Waals surface area contributed by atoms with E-state index in [0.29, 0.717) is 22.8 Å². The molecule has 0 atom stereocenters. The molecule has 1 aliphatic rings. The molecule has 3 aromatic carbocycles. The molecular formula is C24H20O8S. The van der Waals surface area contributed by atoms with E-state index in [0.717, 1.165) is 0 Å². The first-order chi connectivity index (χ1) is 15.9. The van der Waals surface area contributed by atoms with Crippen LogP contribution in [0.25, 0.3) is 6.08 Å². The van der Waals surface area contributed by atoms with Crippen LogP contribution in [-0.4, -0.2) is 35.5 Å². The first-order valence-electron chi connectivity index (χ1n) is 9.74. The minimum absolute atomic E-state index is 0.0172. The number of allylic oxidation sites excluding steroid dienone is 1. The van der Waals surface area contributed by atoms with E-state index in [2.05, 4.69) is 0 Å². The van der Waals surface area contributed by atoms with E-state index in [1.807, 2.05) is 0 Å². The number of carbonyl (C=O) groups is 1. The molecular weight excluding hydrogens is 448 g/mol. The maximum atomic E-state index is 12.8. The van der Waals surface area contributed by atoms with Crippen molar-refractivity contribution in [2.24, 2.45) is 0 Å². The normalized spacial score (nSPS) is 13.9. The molecule has 0 N–H and O–H groups in total. The minimum atomic E-state index is -4.03. The van der Waals surface area contributed by atoms with Gasteiger partial charge < -0.3 is 23.1 Å². The van der Waals surface area contributed by atoms with Gasteiger partial charge in [-0.1, -0.05) is 18.2 Å². The van der Waals surface area contributed by atoms with Gasteiger partial charge in [-0.05, 0) is 42.5 Å². The monoisotopic (exact) mass is 468 g/mol. The Hall–Kier alpha value is -3.98. The molecule has 170 valence electrons. The van der Waals surface area contributed by atoms with Crippen molar-refractivity contribution in [2.75, 3.05) is 21.3 Å². The molecule has 0 saturated carbocycles. The molecule has 0 unspecified atom stereocenters. The van der Waals surface area contributed by atoms with Gasteiger partial charge in [0.15, 0.2) is 17.3 Å². The molecule has 0 saturated heterocycles. The van der Waals surface area contributed by atoms with Crippen molar-refractivity contribution in [3.63, 3.8) is 0 Å². The highest BCUT2D eigenvalue weighted by molar-refractivity contribution is 7.87. The van der Waals surface area contributed by atoms with Crippen LogP contribution in [0.2, 0.25) is 0 Å². The van der Waals surface area contributed by atoms with Crippen molar-refractivity contribution in [1.29, 1.82) is 0 Å². The summed E-state index contributed by atoms with van der Waals surface area (Å²) in [6, 6.07) is 15.4. The average Bonchev–Trinajstić information content (AvgIpc) is 3.13. The second kappa shape index (κ2) is 8.87. The van der Waals surface area contributed by atoms with Crippen molar-refractivity contribution >= 4 is 22.0 Å². The number of ether oxygens (including phenoxy) is 4. The summed E-state index contributed by atoms with van der Waals surface area (Å²) in [5.41, 5.74) is 0.819. The lowest BCUT2D eigenvalue weighted by molar-refractivity contribution is 0.101. The maximum absolute atomic E-state index is 12.8. The Bertz CT molecular complexity index is 1340. The molecule has 0 aliphatic carbocycles. The zero-order chi connectivity index (χ0) is 23.6. The lowest BCUT2D eigenvalue weighted by Gasteiger charge is -2.14. The molecule has 8 nitrogen and oxygen atoms in total. The lowest BCUT2D eigenvalue weighted by atomic mass is 10.1. The lowest BCUT2D eigenvalue weighted by Crippen LogP contribution is -2.09. The molecule has 0 aromatic heterocycles. The van der Waals surface area contributed by atoms with E-state index in [9.17, 15) is 13.2 Å². The van der Waals surface area contributed by atoms with Gasteiger partial charge in [-0.15, -0.1) is 0 Å². The summed E-state index contributed by atoms with van der Waals surface area (Å²) in [6.07, 6.45) is 1.52. The SMILES string of the molecule is COc1ccc(/C=C2/Oc3cc(OS(=O)(=O)c4ccccc4)ccc3C2=O)c(OC)c1OC. The zero-order valence-corrected chi connectivity index (χ0v) is 18.8. The molecule has 0 fully saturated rings. The summed E-state index contributed by atoms with van der Waals surface area (Å²) in [5.74, 6) is 1.10. The molecule has 9 heteroatoms.